The Bertz CT molecular complexity index is 97.4. The number of nitrogens with one attached hydrogen (secondary N) is 1. The van der Waals surface area contributed by atoms with Gasteiger partial charge in [0.15, 0.2) is 0 Å². The lowest BCUT2D eigenvalue weighted by molar-refractivity contribution is 0.132. The summed E-state index contributed by atoms with van der Waals surface area (Å²) in [6.45, 7) is 4.63. The molecule has 60 valence electrons. The maximum absolute atomic E-state index is 9.11. The van der Waals surface area contributed by atoms with Crippen LogP contribution in [0.25, 0.3) is 0 Å². The van der Waals surface area contributed by atoms with Gasteiger partial charge in [-0.1, -0.05) is 13.3 Å². The minimum atomic E-state index is 0.231. The van der Waals surface area contributed by atoms with Crippen LogP contribution < -0.4 is 5.32 Å². The van der Waals surface area contributed by atoms with Crippen molar-refractivity contribution in [2.24, 2.45) is 5.41 Å². The minimum absolute atomic E-state index is 0.231. The highest BCUT2D eigenvalue weighted by Gasteiger charge is 2.31. The molecule has 0 bridgehead atoms. The lowest BCUT2D eigenvalue weighted by Gasteiger charge is -2.24. The summed E-state index contributed by atoms with van der Waals surface area (Å²) in [4.78, 5) is 0. The molecule has 2 nitrogen and oxygen atoms in total. The van der Waals surface area contributed by atoms with Gasteiger partial charge in [0.05, 0.1) is 0 Å². The van der Waals surface area contributed by atoms with Crippen molar-refractivity contribution in [3.8, 4) is 0 Å². The normalized spacial score (nSPS) is 33.0. The first-order valence-corrected chi connectivity index (χ1v) is 4.14. The average molecular weight is 143 g/mol. The van der Waals surface area contributed by atoms with Crippen LogP contribution in [0.4, 0.5) is 0 Å². The molecule has 1 aliphatic rings. The van der Waals surface area contributed by atoms with Gasteiger partial charge in [-0.15, -0.1) is 0 Å². The summed E-state index contributed by atoms with van der Waals surface area (Å²) in [6.07, 6.45) is 3.50. The maximum Gasteiger partial charge on any atom is 0.0500 e. The molecule has 0 aromatic carbocycles. The van der Waals surface area contributed by atoms with Gasteiger partial charge in [-0.2, -0.15) is 0 Å². The summed E-state index contributed by atoms with van der Waals surface area (Å²) in [6, 6.07) is 0. The smallest absolute Gasteiger partial charge is 0.0500 e. The van der Waals surface area contributed by atoms with E-state index in [1.807, 2.05) is 0 Å². The Morgan fingerprint density at radius 1 is 1.60 bits per heavy atom. The van der Waals surface area contributed by atoms with Crippen molar-refractivity contribution in [2.45, 2.75) is 26.2 Å². The van der Waals surface area contributed by atoms with Gasteiger partial charge < -0.3 is 10.4 Å². The molecule has 0 aromatic heterocycles. The predicted octanol–water partition coefficient (Wildman–Crippen LogP) is 0.759. The molecule has 1 aliphatic heterocycles. The van der Waals surface area contributed by atoms with Gasteiger partial charge in [-0.25, -0.2) is 0 Å². The molecule has 10 heavy (non-hydrogen) atoms. The fourth-order valence-electron chi connectivity index (χ4n) is 1.75. The number of hydrogen-bond donors (Lipinski definition) is 2. The van der Waals surface area contributed by atoms with Crippen LogP contribution in [-0.4, -0.2) is 24.8 Å². The largest absolute Gasteiger partial charge is 0.396 e. The van der Waals surface area contributed by atoms with Gasteiger partial charge in [-0.3, -0.25) is 0 Å². The van der Waals surface area contributed by atoms with E-state index in [0.717, 1.165) is 25.9 Å². The second-order valence-electron chi connectivity index (χ2n) is 3.33. The molecule has 2 N–H and O–H groups in total. The zero-order valence-electron chi connectivity index (χ0n) is 6.69. The summed E-state index contributed by atoms with van der Waals surface area (Å²) in [5, 5.41) is 12.4. The quantitative estimate of drug-likeness (QED) is 0.611. The topological polar surface area (TPSA) is 32.3 Å². The van der Waals surface area contributed by atoms with Crippen molar-refractivity contribution in [3.63, 3.8) is 0 Å². The molecule has 0 radical (unpaired) electrons. The van der Waals surface area contributed by atoms with Gasteiger partial charge in [-0.05, 0) is 19.4 Å². The van der Waals surface area contributed by atoms with Crippen molar-refractivity contribution in [3.05, 3.63) is 0 Å². The van der Waals surface area contributed by atoms with Crippen LogP contribution in [0.5, 0.6) is 0 Å². The van der Waals surface area contributed by atoms with Crippen molar-refractivity contribution in [1.82, 2.24) is 5.32 Å². The molecule has 1 saturated heterocycles. The first kappa shape index (κ1) is 8.02. The first-order valence-electron chi connectivity index (χ1n) is 4.14. The van der Waals surface area contributed by atoms with E-state index in [4.69, 9.17) is 5.11 Å². The second kappa shape index (κ2) is 3.35. The number of hydrogen-bond acceptors (Lipinski definition) is 2. The molecule has 1 atom stereocenters. The highest BCUT2D eigenvalue weighted by atomic mass is 16.3. The van der Waals surface area contributed by atoms with Crippen molar-refractivity contribution in [1.29, 1.82) is 0 Å². The maximum atomic E-state index is 9.11. The third kappa shape index (κ3) is 1.50. The van der Waals surface area contributed by atoms with Crippen LogP contribution in [0.1, 0.15) is 26.2 Å². The van der Waals surface area contributed by atoms with Crippen molar-refractivity contribution >= 4 is 0 Å². The number of aliphatic hydroxyl groups is 1. The second-order valence-corrected chi connectivity index (χ2v) is 3.33. The Kier molecular flexibility index (Phi) is 2.69. The van der Waals surface area contributed by atoms with E-state index in [2.05, 4.69) is 12.2 Å². The zero-order chi connectivity index (χ0) is 7.45. The Balaban J connectivity index is 2.41. The van der Waals surface area contributed by atoms with Gasteiger partial charge in [0, 0.05) is 18.6 Å². The van der Waals surface area contributed by atoms with E-state index in [0.29, 0.717) is 6.61 Å². The van der Waals surface area contributed by atoms with Crippen LogP contribution in [0.15, 0.2) is 0 Å². The molecule has 1 fully saturated rings. The van der Waals surface area contributed by atoms with Crippen LogP contribution in [0, 0.1) is 5.41 Å². The Labute approximate surface area is 62.6 Å². The highest BCUT2D eigenvalue weighted by molar-refractivity contribution is 4.86. The lowest BCUT2D eigenvalue weighted by Crippen LogP contribution is -2.27. The number of rotatable bonds is 3. The van der Waals surface area contributed by atoms with Crippen LogP contribution in [-0.2, 0) is 0 Å². The molecule has 0 saturated carbocycles. The Hall–Kier alpha value is -0.0800. The first-order chi connectivity index (χ1) is 4.83. The molecule has 0 spiro atoms. The minimum Gasteiger partial charge on any atom is -0.396 e. The SMILES string of the molecule is CCC[C@@]1(CO)CCNC1. The van der Waals surface area contributed by atoms with Gasteiger partial charge in [0.2, 0.25) is 0 Å². The molecule has 0 aliphatic carbocycles. The van der Waals surface area contributed by atoms with E-state index in [1.54, 1.807) is 0 Å². The Morgan fingerprint density at radius 2 is 2.40 bits per heavy atom. The predicted molar refractivity (Wildman–Crippen MR) is 41.9 cm³/mol. The van der Waals surface area contributed by atoms with E-state index >= 15 is 0 Å². The van der Waals surface area contributed by atoms with E-state index < -0.39 is 0 Å². The standard InChI is InChI=1S/C8H17NO/c1-2-3-8(7-10)4-5-9-6-8/h9-10H,2-7H2,1H3/t8-/m1/s1. The monoisotopic (exact) mass is 143 g/mol. The van der Waals surface area contributed by atoms with Crippen LogP contribution in [0.3, 0.4) is 0 Å². The van der Waals surface area contributed by atoms with Gasteiger partial charge in [0.25, 0.3) is 0 Å². The molecule has 0 amide bonds. The summed E-state index contributed by atoms with van der Waals surface area (Å²) >= 11 is 0. The molecular weight excluding hydrogens is 126 g/mol. The van der Waals surface area contributed by atoms with Crippen LogP contribution in [0.2, 0.25) is 0 Å². The van der Waals surface area contributed by atoms with E-state index in [9.17, 15) is 0 Å². The van der Waals surface area contributed by atoms with Gasteiger partial charge >= 0.3 is 0 Å². The summed E-state index contributed by atoms with van der Waals surface area (Å²) in [5.41, 5.74) is 0.231. The third-order valence-electron chi connectivity index (χ3n) is 2.45. The summed E-state index contributed by atoms with van der Waals surface area (Å²) in [7, 11) is 0. The van der Waals surface area contributed by atoms with Gasteiger partial charge in [0.1, 0.15) is 0 Å². The molecule has 1 rings (SSSR count). The summed E-state index contributed by atoms with van der Waals surface area (Å²) in [5.74, 6) is 0. The van der Waals surface area contributed by atoms with E-state index in [1.165, 1.54) is 6.42 Å². The number of aliphatic hydroxyl groups excluding tert-OH is 1. The average Bonchev–Trinajstić information content (AvgIpc) is 2.39. The van der Waals surface area contributed by atoms with Crippen LogP contribution >= 0.6 is 0 Å². The van der Waals surface area contributed by atoms with Crippen molar-refractivity contribution in [2.75, 3.05) is 19.7 Å². The lowest BCUT2D eigenvalue weighted by atomic mass is 9.84. The zero-order valence-corrected chi connectivity index (χ0v) is 6.69. The summed E-state index contributed by atoms with van der Waals surface area (Å²) < 4.78 is 0. The fourth-order valence-corrected chi connectivity index (χ4v) is 1.75. The third-order valence-corrected chi connectivity index (χ3v) is 2.45. The van der Waals surface area contributed by atoms with E-state index in [-0.39, 0.29) is 5.41 Å². The Morgan fingerprint density at radius 3 is 2.80 bits per heavy atom. The molecular formula is C8H17NO. The molecule has 0 unspecified atom stereocenters. The molecule has 0 aromatic rings. The molecule has 1 heterocycles. The van der Waals surface area contributed by atoms with Crippen molar-refractivity contribution < 1.29 is 5.11 Å². The molecule has 2 heteroatoms. The highest BCUT2D eigenvalue weighted by Crippen LogP contribution is 2.29. The fraction of sp³-hybridized carbons (Fsp3) is 1.00.